The fraction of sp³-hybridized carbons (Fsp3) is 0.438. The average Bonchev–Trinajstić information content (AvgIpc) is 2.85. The molecule has 2 rings (SSSR count). The van der Waals surface area contributed by atoms with Gasteiger partial charge in [-0.2, -0.15) is 0 Å². The zero-order valence-corrected chi connectivity index (χ0v) is 13.2. The van der Waals surface area contributed by atoms with Gasteiger partial charge >= 0.3 is 0 Å². The quantitative estimate of drug-likeness (QED) is 0.901. The van der Waals surface area contributed by atoms with Crippen LogP contribution in [0.2, 0.25) is 0 Å². The van der Waals surface area contributed by atoms with Gasteiger partial charge in [-0.1, -0.05) is 32.9 Å². The third-order valence-electron chi connectivity index (χ3n) is 3.15. The number of aromatic nitrogens is 1. The van der Waals surface area contributed by atoms with Crippen molar-refractivity contribution in [3.8, 4) is 0 Å². The van der Waals surface area contributed by atoms with E-state index in [-0.39, 0.29) is 17.3 Å². The molecule has 0 bridgehead atoms. The summed E-state index contributed by atoms with van der Waals surface area (Å²) in [6, 6.07) is 6.79. The number of hydrogen-bond acceptors (Lipinski definition) is 3. The minimum absolute atomic E-state index is 0.103. The average molecular weight is 292 g/mol. The molecule has 0 aliphatic carbocycles. The smallest absolute Gasteiger partial charge is 0.123 e. The fourth-order valence-corrected chi connectivity index (χ4v) is 2.77. The molecule has 0 amide bonds. The number of nitrogens with zero attached hydrogens (tertiary/aromatic N) is 1. The summed E-state index contributed by atoms with van der Waals surface area (Å²) < 4.78 is 12.9. The number of hydrogen-bond donors (Lipinski definition) is 1. The Hall–Kier alpha value is -1.26. The normalized spacial score (nSPS) is 13.4. The van der Waals surface area contributed by atoms with Gasteiger partial charge in [0.05, 0.1) is 10.7 Å². The zero-order chi connectivity index (χ0) is 14.8. The van der Waals surface area contributed by atoms with Crippen molar-refractivity contribution < 1.29 is 4.39 Å². The summed E-state index contributed by atoms with van der Waals surface area (Å²) in [5, 5.41) is 6.68. The lowest BCUT2D eigenvalue weighted by molar-refractivity contribution is 0.555. The van der Waals surface area contributed by atoms with E-state index in [1.165, 1.54) is 12.1 Å². The second kappa shape index (κ2) is 6.02. The maximum absolute atomic E-state index is 12.9. The molecule has 1 N–H and O–H groups in total. The maximum atomic E-state index is 12.9. The van der Waals surface area contributed by atoms with Gasteiger partial charge in [-0.15, -0.1) is 11.3 Å². The first-order chi connectivity index (χ1) is 9.36. The van der Waals surface area contributed by atoms with Gasteiger partial charge in [-0.3, -0.25) is 0 Å². The van der Waals surface area contributed by atoms with Gasteiger partial charge in [0.25, 0.3) is 0 Å². The van der Waals surface area contributed by atoms with E-state index < -0.39 is 0 Å². The highest BCUT2D eigenvalue weighted by molar-refractivity contribution is 7.09. The van der Waals surface area contributed by atoms with Gasteiger partial charge in [0.1, 0.15) is 5.82 Å². The molecule has 0 spiro atoms. The van der Waals surface area contributed by atoms with E-state index in [0.29, 0.717) is 0 Å². The van der Waals surface area contributed by atoms with Crippen molar-refractivity contribution in [2.75, 3.05) is 0 Å². The first-order valence-corrected chi connectivity index (χ1v) is 7.68. The molecule has 4 heteroatoms. The van der Waals surface area contributed by atoms with E-state index in [1.54, 1.807) is 11.3 Å². The lowest BCUT2D eigenvalue weighted by atomic mass is 9.98. The van der Waals surface area contributed by atoms with Crippen molar-refractivity contribution >= 4 is 11.3 Å². The van der Waals surface area contributed by atoms with Crippen LogP contribution in [0.1, 0.15) is 50.0 Å². The molecule has 0 unspecified atom stereocenters. The molecule has 1 aromatic carbocycles. The second-order valence-corrected chi connectivity index (χ2v) is 6.91. The molecule has 0 fully saturated rings. The predicted octanol–water partition coefficient (Wildman–Crippen LogP) is 4.43. The van der Waals surface area contributed by atoms with Crippen molar-refractivity contribution in [1.82, 2.24) is 10.3 Å². The molecule has 0 saturated heterocycles. The van der Waals surface area contributed by atoms with Crippen LogP contribution in [0.15, 0.2) is 29.6 Å². The highest BCUT2D eigenvalue weighted by atomic mass is 32.1. The summed E-state index contributed by atoms with van der Waals surface area (Å²) in [6.45, 7) is 9.31. The van der Waals surface area contributed by atoms with Crippen LogP contribution in [-0.4, -0.2) is 4.98 Å². The fourth-order valence-electron chi connectivity index (χ4n) is 1.86. The topological polar surface area (TPSA) is 24.9 Å². The summed E-state index contributed by atoms with van der Waals surface area (Å²) in [5.74, 6) is -0.199. The van der Waals surface area contributed by atoms with Crippen LogP contribution in [0, 0.1) is 5.82 Å². The lowest BCUT2D eigenvalue weighted by Gasteiger charge is -2.14. The van der Waals surface area contributed by atoms with E-state index in [4.69, 9.17) is 0 Å². The van der Waals surface area contributed by atoms with Gasteiger partial charge < -0.3 is 5.32 Å². The van der Waals surface area contributed by atoms with Gasteiger partial charge in [0.2, 0.25) is 0 Å². The van der Waals surface area contributed by atoms with Crippen molar-refractivity contribution in [3.63, 3.8) is 0 Å². The van der Waals surface area contributed by atoms with Crippen molar-refractivity contribution in [3.05, 3.63) is 51.7 Å². The molecule has 0 aliphatic heterocycles. The summed E-state index contributed by atoms with van der Waals surface area (Å²) in [4.78, 5) is 4.66. The van der Waals surface area contributed by atoms with Crippen LogP contribution in [0.4, 0.5) is 4.39 Å². The highest BCUT2D eigenvalue weighted by Gasteiger charge is 2.18. The number of benzene rings is 1. The Morgan fingerprint density at radius 1 is 1.25 bits per heavy atom. The largest absolute Gasteiger partial charge is 0.305 e. The second-order valence-electron chi connectivity index (χ2n) is 6.05. The van der Waals surface area contributed by atoms with Crippen molar-refractivity contribution in [2.45, 2.75) is 45.7 Å². The van der Waals surface area contributed by atoms with Crippen molar-refractivity contribution in [1.29, 1.82) is 0 Å². The first-order valence-electron chi connectivity index (χ1n) is 6.80. The molecule has 108 valence electrons. The molecule has 1 atom stereocenters. The Bertz CT molecular complexity index is 555. The Kier molecular flexibility index (Phi) is 4.55. The molecule has 2 nitrogen and oxygen atoms in total. The van der Waals surface area contributed by atoms with E-state index >= 15 is 0 Å². The molecule has 1 aromatic heterocycles. The van der Waals surface area contributed by atoms with Gasteiger partial charge in [0, 0.05) is 23.4 Å². The standard InChI is InChI=1S/C16H21FN2S/c1-11(12-5-7-13(17)8-6-12)18-9-14-10-20-15(19-14)16(2,3)4/h5-8,10-11,18H,9H2,1-4H3/t11-/m0/s1. The predicted molar refractivity (Wildman–Crippen MR) is 82.5 cm³/mol. The molecule has 1 heterocycles. The highest BCUT2D eigenvalue weighted by Crippen LogP contribution is 2.25. The minimum Gasteiger partial charge on any atom is -0.305 e. The third-order valence-corrected chi connectivity index (χ3v) is 4.47. The van der Waals surface area contributed by atoms with Gasteiger partial charge in [0.15, 0.2) is 0 Å². The molecule has 0 aliphatic rings. The van der Waals surface area contributed by atoms with E-state index in [0.717, 1.165) is 22.8 Å². The van der Waals surface area contributed by atoms with Crippen molar-refractivity contribution in [2.24, 2.45) is 0 Å². The molecule has 0 radical (unpaired) electrons. The van der Waals surface area contributed by atoms with E-state index in [1.807, 2.05) is 12.1 Å². The molecular weight excluding hydrogens is 271 g/mol. The van der Waals surface area contributed by atoms with Crippen LogP contribution in [0.5, 0.6) is 0 Å². The Morgan fingerprint density at radius 3 is 2.45 bits per heavy atom. The number of rotatable bonds is 4. The van der Waals surface area contributed by atoms with Gasteiger partial charge in [-0.05, 0) is 24.6 Å². The monoisotopic (exact) mass is 292 g/mol. The summed E-state index contributed by atoms with van der Waals surface area (Å²) in [5.41, 5.74) is 2.25. The van der Waals surface area contributed by atoms with Crippen LogP contribution >= 0.6 is 11.3 Å². The summed E-state index contributed by atoms with van der Waals surface area (Å²) >= 11 is 1.71. The number of halogens is 1. The molecule has 0 saturated carbocycles. The molecular formula is C16H21FN2S. The Labute approximate surface area is 124 Å². The van der Waals surface area contributed by atoms with Gasteiger partial charge in [-0.25, -0.2) is 9.37 Å². The minimum atomic E-state index is -0.199. The first kappa shape index (κ1) is 15.1. The summed E-state index contributed by atoms with van der Waals surface area (Å²) in [7, 11) is 0. The maximum Gasteiger partial charge on any atom is 0.123 e. The molecule has 20 heavy (non-hydrogen) atoms. The lowest BCUT2D eigenvalue weighted by Crippen LogP contribution is -2.18. The van der Waals surface area contributed by atoms with Crippen LogP contribution in [0.3, 0.4) is 0 Å². The van der Waals surface area contributed by atoms with Crippen LogP contribution in [0.25, 0.3) is 0 Å². The van der Waals surface area contributed by atoms with Crippen LogP contribution < -0.4 is 5.32 Å². The van der Waals surface area contributed by atoms with E-state index in [9.17, 15) is 4.39 Å². The SMILES string of the molecule is C[C@H](NCc1csc(C(C)(C)C)n1)c1ccc(F)cc1. The third kappa shape index (κ3) is 3.87. The molecule has 2 aromatic rings. The Balaban J connectivity index is 1.95. The van der Waals surface area contributed by atoms with E-state index in [2.05, 4.69) is 43.4 Å². The number of nitrogens with one attached hydrogen (secondary N) is 1. The summed E-state index contributed by atoms with van der Waals surface area (Å²) in [6.07, 6.45) is 0. The van der Waals surface area contributed by atoms with Crippen LogP contribution in [-0.2, 0) is 12.0 Å². The zero-order valence-electron chi connectivity index (χ0n) is 12.4. The number of thiazole rings is 1. The Morgan fingerprint density at radius 2 is 1.90 bits per heavy atom.